The monoisotopic (exact) mass is 241 g/mol. The Bertz CT molecular complexity index is 296. The maximum atomic E-state index is 4.36. The first-order chi connectivity index (χ1) is 7.61. The number of rotatable bonds is 7. The summed E-state index contributed by atoms with van der Waals surface area (Å²) in [6.07, 6.45) is 4.22. The molecule has 1 N–H and O–H groups in total. The minimum Gasteiger partial charge on any atom is -0.309 e. The standard InChI is InChI=1S/C12H23N3S/c1-5-12-14-9-11(16-12)8-13-10(2)6-7-15(3)4/h9-10,13H,5-8H2,1-4H3. The molecular formula is C12H23N3S. The normalized spacial score (nSPS) is 13.3. The Morgan fingerprint density at radius 2 is 2.25 bits per heavy atom. The quantitative estimate of drug-likeness (QED) is 0.793. The summed E-state index contributed by atoms with van der Waals surface area (Å²) in [7, 11) is 4.23. The fourth-order valence-corrected chi connectivity index (χ4v) is 2.24. The molecule has 0 saturated carbocycles. The fraction of sp³-hybridized carbons (Fsp3) is 0.750. The van der Waals surface area contributed by atoms with E-state index in [4.69, 9.17) is 0 Å². The molecule has 0 saturated heterocycles. The number of nitrogens with one attached hydrogen (secondary N) is 1. The van der Waals surface area contributed by atoms with Gasteiger partial charge in [0.25, 0.3) is 0 Å². The van der Waals surface area contributed by atoms with Crippen LogP contribution < -0.4 is 5.32 Å². The van der Waals surface area contributed by atoms with Crippen molar-refractivity contribution in [2.75, 3.05) is 20.6 Å². The van der Waals surface area contributed by atoms with Crippen LogP contribution >= 0.6 is 11.3 Å². The van der Waals surface area contributed by atoms with Gasteiger partial charge in [-0.25, -0.2) is 4.98 Å². The van der Waals surface area contributed by atoms with Gasteiger partial charge in [-0.15, -0.1) is 11.3 Å². The Kier molecular flexibility index (Phi) is 5.95. The molecule has 1 unspecified atom stereocenters. The summed E-state index contributed by atoms with van der Waals surface area (Å²) in [6.45, 7) is 6.48. The lowest BCUT2D eigenvalue weighted by molar-refractivity contribution is 0.366. The van der Waals surface area contributed by atoms with Crippen LogP contribution in [0.2, 0.25) is 0 Å². The van der Waals surface area contributed by atoms with Crippen molar-refractivity contribution in [3.8, 4) is 0 Å². The summed E-state index contributed by atoms with van der Waals surface area (Å²) >= 11 is 1.82. The first-order valence-corrected chi connectivity index (χ1v) is 6.75. The highest BCUT2D eigenvalue weighted by molar-refractivity contribution is 7.11. The van der Waals surface area contributed by atoms with Crippen LogP contribution in [0.15, 0.2) is 6.20 Å². The third-order valence-corrected chi connectivity index (χ3v) is 3.68. The Morgan fingerprint density at radius 3 is 2.81 bits per heavy atom. The van der Waals surface area contributed by atoms with Gasteiger partial charge >= 0.3 is 0 Å². The second-order valence-corrected chi connectivity index (χ2v) is 5.65. The van der Waals surface area contributed by atoms with Gasteiger partial charge in [0, 0.05) is 23.7 Å². The molecular weight excluding hydrogens is 218 g/mol. The van der Waals surface area contributed by atoms with Crippen molar-refractivity contribution in [3.63, 3.8) is 0 Å². The maximum absolute atomic E-state index is 4.36. The van der Waals surface area contributed by atoms with Gasteiger partial charge in [0.15, 0.2) is 0 Å². The van der Waals surface area contributed by atoms with Gasteiger partial charge in [0.05, 0.1) is 5.01 Å². The average molecular weight is 241 g/mol. The number of hydrogen-bond acceptors (Lipinski definition) is 4. The molecule has 1 aromatic rings. The van der Waals surface area contributed by atoms with Gasteiger partial charge < -0.3 is 10.2 Å². The van der Waals surface area contributed by atoms with Gasteiger partial charge in [-0.1, -0.05) is 6.92 Å². The highest BCUT2D eigenvalue weighted by Crippen LogP contribution is 2.13. The summed E-state index contributed by atoms with van der Waals surface area (Å²) in [5.41, 5.74) is 0. The summed E-state index contributed by atoms with van der Waals surface area (Å²) in [5.74, 6) is 0. The molecule has 16 heavy (non-hydrogen) atoms. The van der Waals surface area contributed by atoms with E-state index in [1.165, 1.54) is 16.3 Å². The van der Waals surface area contributed by atoms with E-state index in [0.717, 1.165) is 19.5 Å². The van der Waals surface area contributed by atoms with Gasteiger partial charge in [0.1, 0.15) is 0 Å². The molecule has 0 radical (unpaired) electrons. The van der Waals surface area contributed by atoms with Gasteiger partial charge in [-0.2, -0.15) is 0 Å². The highest BCUT2D eigenvalue weighted by atomic mass is 32.1. The van der Waals surface area contributed by atoms with Gasteiger partial charge in [0.2, 0.25) is 0 Å². The van der Waals surface area contributed by atoms with Crippen LogP contribution in [-0.2, 0) is 13.0 Å². The first kappa shape index (κ1) is 13.6. The molecule has 0 fully saturated rings. The molecule has 0 aliphatic heterocycles. The van der Waals surface area contributed by atoms with Crippen LogP contribution in [0.1, 0.15) is 30.2 Å². The molecule has 1 heterocycles. The highest BCUT2D eigenvalue weighted by Gasteiger charge is 2.04. The molecule has 0 aliphatic rings. The summed E-state index contributed by atoms with van der Waals surface area (Å²) in [6, 6.07) is 0.564. The van der Waals surface area contributed by atoms with Crippen molar-refractivity contribution >= 4 is 11.3 Å². The van der Waals surface area contributed by atoms with Crippen LogP contribution in [0.25, 0.3) is 0 Å². The lowest BCUT2D eigenvalue weighted by Crippen LogP contribution is -2.29. The van der Waals surface area contributed by atoms with E-state index in [1.807, 2.05) is 17.5 Å². The molecule has 0 bridgehead atoms. The zero-order valence-corrected chi connectivity index (χ0v) is 11.6. The number of thiazole rings is 1. The van der Waals surface area contributed by atoms with Crippen LogP contribution in [0.5, 0.6) is 0 Å². The zero-order chi connectivity index (χ0) is 12.0. The van der Waals surface area contributed by atoms with Crippen LogP contribution in [-0.4, -0.2) is 36.6 Å². The second-order valence-electron chi connectivity index (χ2n) is 4.45. The van der Waals surface area contributed by atoms with Gasteiger partial charge in [-0.3, -0.25) is 0 Å². The Labute approximate surface area is 103 Å². The smallest absolute Gasteiger partial charge is 0.0925 e. The third-order valence-electron chi connectivity index (χ3n) is 2.54. The molecule has 1 rings (SSSR count). The molecule has 0 aromatic carbocycles. The molecule has 3 nitrogen and oxygen atoms in total. The van der Waals surface area contributed by atoms with E-state index in [2.05, 4.69) is 43.1 Å². The number of aromatic nitrogens is 1. The van der Waals surface area contributed by atoms with Crippen LogP contribution in [0.4, 0.5) is 0 Å². The Morgan fingerprint density at radius 1 is 1.50 bits per heavy atom. The average Bonchev–Trinajstić information content (AvgIpc) is 2.71. The van der Waals surface area contributed by atoms with Crippen molar-refractivity contribution in [2.45, 2.75) is 39.3 Å². The van der Waals surface area contributed by atoms with Gasteiger partial charge in [-0.05, 0) is 40.4 Å². The van der Waals surface area contributed by atoms with Crippen molar-refractivity contribution in [1.29, 1.82) is 0 Å². The van der Waals surface area contributed by atoms with E-state index in [1.54, 1.807) is 0 Å². The topological polar surface area (TPSA) is 28.2 Å². The Hall–Kier alpha value is -0.450. The van der Waals surface area contributed by atoms with E-state index < -0.39 is 0 Å². The molecule has 0 amide bonds. The van der Waals surface area contributed by atoms with Crippen molar-refractivity contribution in [1.82, 2.24) is 15.2 Å². The minimum absolute atomic E-state index is 0.564. The van der Waals surface area contributed by atoms with Crippen molar-refractivity contribution in [3.05, 3.63) is 16.1 Å². The van der Waals surface area contributed by atoms with Crippen LogP contribution in [0.3, 0.4) is 0 Å². The third kappa shape index (κ3) is 5.05. The Balaban J connectivity index is 2.23. The number of aryl methyl sites for hydroxylation is 1. The molecule has 1 atom stereocenters. The van der Waals surface area contributed by atoms with Crippen LogP contribution in [0, 0.1) is 0 Å². The zero-order valence-electron chi connectivity index (χ0n) is 10.8. The molecule has 0 spiro atoms. The maximum Gasteiger partial charge on any atom is 0.0925 e. The predicted molar refractivity (Wildman–Crippen MR) is 71.0 cm³/mol. The lowest BCUT2D eigenvalue weighted by atomic mass is 10.2. The lowest BCUT2D eigenvalue weighted by Gasteiger charge is -2.15. The van der Waals surface area contributed by atoms with E-state index >= 15 is 0 Å². The number of nitrogens with zero attached hydrogens (tertiary/aromatic N) is 2. The predicted octanol–water partition coefficient (Wildman–Crippen LogP) is 2.14. The molecule has 92 valence electrons. The summed E-state index contributed by atoms with van der Waals surface area (Å²) in [4.78, 5) is 7.92. The molecule has 1 aromatic heterocycles. The van der Waals surface area contributed by atoms with E-state index in [-0.39, 0.29) is 0 Å². The van der Waals surface area contributed by atoms with E-state index in [0.29, 0.717) is 6.04 Å². The largest absolute Gasteiger partial charge is 0.309 e. The first-order valence-electron chi connectivity index (χ1n) is 5.93. The second kappa shape index (κ2) is 6.99. The molecule has 4 heteroatoms. The minimum atomic E-state index is 0.564. The molecule has 0 aliphatic carbocycles. The fourth-order valence-electron chi connectivity index (χ4n) is 1.42. The van der Waals surface area contributed by atoms with Crippen molar-refractivity contribution in [2.24, 2.45) is 0 Å². The SMILES string of the molecule is CCc1ncc(CNC(C)CCN(C)C)s1. The summed E-state index contributed by atoms with van der Waals surface area (Å²) < 4.78 is 0. The van der Waals surface area contributed by atoms with Crippen molar-refractivity contribution < 1.29 is 0 Å². The number of hydrogen-bond donors (Lipinski definition) is 1. The van der Waals surface area contributed by atoms with E-state index in [9.17, 15) is 0 Å². The summed E-state index contributed by atoms with van der Waals surface area (Å²) in [5, 5.41) is 4.77.